The second kappa shape index (κ2) is 16.2. The van der Waals surface area contributed by atoms with E-state index < -0.39 is 0 Å². The van der Waals surface area contributed by atoms with Gasteiger partial charge in [-0.25, -0.2) is 0 Å². The van der Waals surface area contributed by atoms with Crippen molar-refractivity contribution in [1.82, 2.24) is 0 Å². The molecule has 2 N–H and O–H groups in total. The van der Waals surface area contributed by atoms with Crippen LogP contribution in [0, 0.1) is 51.4 Å². The molecule has 0 unspecified atom stereocenters. The SMILES string of the molecule is COc1cc(C[C@H]2C(=O)OC[C@@H]2Cc2ccc(C)c(C)c2)ccc1O.COc1cc(C[C@H]2C(=O)OC[C@@H]2Cc2ccc(C)c(C)c2)ccc1O. The van der Waals surface area contributed by atoms with Gasteiger partial charge in [-0.2, -0.15) is 0 Å². The highest BCUT2D eigenvalue weighted by atomic mass is 16.5. The standard InChI is InChI=1S/2C21H24O4/c2*1-13-4-5-15(8-14(13)2)9-17-12-25-21(23)18(17)10-16-6-7-19(22)20(11-16)24-3/h2*4-8,11,17-18,22H,9-10,12H2,1-3H3/t2*17-,18+/m00/s1. The number of aromatic hydroxyl groups is 2. The van der Waals surface area contributed by atoms with Crippen molar-refractivity contribution < 1.29 is 38.7 Å². The summed E-state index contributed by atoms with van der Waals surface area (Å²) in [5.41, 5.74) is 9.47. The second-order valence-electron chi connectivity index (χ2n) is 13.7. The number of hydrogen-bond donors (Lipinski definition) is 2. The predicted octanol–water partition coefficient (Wildman–Crippen LogP) is 7.18. The molecule has 0 spiro atoms. The molecule has 0 radical (unpaired) electrons. The van der Waals surface area contributed by atoms with Crippen molar-refractivity contribution in [1.29, 1.82) is 0 Å². The van der Waals surface area contributed by atoms with Crippen LogP contribution in [0.5, 0.6) is 23.0 Å². The summed E-state index contributed by atoms with van der Waals surface area (Å²) in [4.78, 5) is 24.4. The Balaban J connectivity index is 0.000000194. The maximum absolute atomic E-state index is 12.2. The average Bonchev–Trinajstić information content (AvgIpc) is 3.62. The molecule has 8 heteroatoms. The molecule has 4 atom stereocenters. The van der Waals surface area contributed by atoms with Gasteiger partial charge < -0.3 is 29.2 Å². The highest BCUT2D eigenvalue weighted by Gasteiger charge is 2.38. The highest BCUT2D eigenvalue weighted by molar-refractivity contribution is 5.76. The number of esters is 2. The minimum absolute atomic E-state index is 0.104. The minimum Gasteiger partial charge on any atom is -0.504 e. The van der Waals surface area contributed by atoms with Gasteiger partial charge in [0.2, 0.25) is 0 Å². The fourth-order valence-electron chi connectivity index (χ4n) is 6.78. The monoisotopic (exact) mass is 680 g/mol. The zero-order valence-electron chi connectivity index (χ0n) is 29.8. The molecule has 50 heavy (non-hydrogen) atoms. The van der Waals surface area contributed by atoms with Crippen LogP contribution < -0.4 is 9.47 Å². The zero-order chi connectivity index (χ0) is 35.9. The maximum atomic E-state index is 12.2. The van der Waals surface area contributed by atoms with Gasteiger partial charge >= 0.3 is 11.9 Å². The lowest BCUT2D eigenvalue weighted by molar-refractivity contribution is -0.142. The van der Waals surface area contributed by atoms with E-state index >= 15 is 0 Å². The third-order valence-corrected chi connectivity index (χ3v) is 10.2. The Hall–Kier alpha value is -4.98. The van der Waals surface area contributed by atoms with Crippen LogP contribution in [0.25, 0.3) is 0 Å². The quantitative estimate of drug-likeness (QED) is 0.170. The van der Waals surface area contributed by atoms with Gasteiger partial charge in [-0.3, -0.25) is 9.59 Å². The zero-order valence-corrected chi connectivity index (χ0v) is 29.8. The first-order valence-electron chi connectivity index (χ1n) is 17.1. The largest absolute Gasteiger partial charge is 0.504 e. The van der Waals surface area contributed by atoms with E-state index in [1.165, 1.54) is 47.6 Å². The van der Waals surface area contributed by atoms with Gasteiger partial charge in [0.05, 0.1) is 39.3 Å². The second-order valence-corrected chi connectivity index (χ2v) is 13.7. The molecule has 0 aromatic heterocycles. The number of phenols is 2. The molecule has 0 aliphatic carbocycles. The molecule has 2 aliphatic rings. The van der Waals surface area contributed by atoms with Crippen molar-refractivity contribution in [2.45, 2.75) is 53.4 Å². The summed E-state index contributed by atoms with van der Waals surface area (Å²) in [6, 6.07) is 23.3. The maximum Gasteiger partial charge on any atom is 0.309 e. The lowest BCUT2D eigenvalue weighted by atomic mass is 9.84. The molecule has 6 rings (SSSR count). The number of aryl methyl sites for hydroxylation is 4. The number of carbonyl (C=O) groups excluding carboxylic acids is 2. The van der Waals surface area contributed by atoms with Crippen LogP contribution in [0.4, 0.5) is 0 Å². The summed E-state index contributed by atoms with van der Waals surface area (Å²) in [5, 5.41) is 19.5. The minimum atomic E-state index is -0.171. The van der Waals surface area contributed by atoms with E-state index in [1.54, 1.807) is 24.3 Å². The topological polar surface area (TPSA) is 112 Å². The Bertz CT molecular complexity index is 1700. The smallest absolute Gasteiger partial charge is 0.309 e. The molecular weight excluding hydrogens is 632 g/mol. The van der Waals surface area contributed by atoms with Gasteiger partial charge in [-0.05, 0) is 122 Å². The molecule has 4 aromatic rings. The predicted molar refractivity (Wildman–Crippen MR) is 192 cm³/mol. The molecular formula is C42H48O8. The first-order valence-corrected chi connectivity index (χ1v) is 17.1. The summed E-state index contributed by atoms with van der Waals surface area (Å²) >= 11 is 0. The van der Waals surface area contributed by atoms with Crippen LogP contribution in [0.1, 0.15) is 44.5 Å². The van der Waals surface area contributed by atoms with E-state index in [0.717, 1.165) is 24.0 Å². The molecule has 2 fully saturated rings. The highest BCUT2D eigenvalue weighted by Crippen LogP contribution is 2.34. The van der Waals surface area contributed by atoms with Crippen LogP contribution in [0.3, 0.4) is 0 Å². The molecule has 0 saturated carbocycles. The number of cyclic esters (lactones) is 2. The van der Waals surface area contributed by atoms with Crippen LogP contribution in [0.2, 0.25) is 0 Å². The summed E-state index contributed by atoms with van der Waals surface area (Å²) in [6.07, 6.45) is 2.83. The Kier molecular flexibility index (Phi) is 11.7. The molecule has 8 nitrogen and oxygen atoms in total. The molecule has 2 aliphatic heterocycles. The third-order valence-electron chi connectivity index (χ3n) is 10.2. The number of benzene rings is 4. The van der Waals surface area contributed by atoms with Crippen LogP contribution >= 0.6 is 0 Å². The fourth-order valence-corrected chi connectivity index (χ4v) is 6.78. The van der Waals surface area contributed by atoms with Crippen molar-refractivity contribution in [3.05, 3.63) is 117 Å². The number of methoxy groups -OCH3 is 2. The lowest BCUT2D eigenvalue weighted by Gasteiger charge is -2.16. The normalized spacial score (nSPS) is 19.7. The summed E-state index contributed by atoms with van der Waals surface area (Å²) in [7, 11) is 3.04. The van der Waals surface area contributed by atoms with Crippen LogP contribution in [0.15, 0.2) is 72.8 Å². The molecule has 2 heterocycles. The summed E-state index contributed by atoms with van der Waals surface area (Å²) < 4.78 is 21.0. The van der Waals surface area contributed by atoms with Crippen LogP contribution in [-0.4, -0.2) is 49.6 Å². The lowest BCUT2D eigenvalue weighted by Crippen LogP contribution is -2.20. The molecule has 0 amide bonds. The number of phenolic OH excluding ortho intramolecular Hbond substituents is 2. The third kappa shape index (κ3) is 8.78. The Labute approximate surface area is 295 Å². The van der Waals surface area contributed by atoms with Gasteiger partial charge in [-0.15, -0.1) is 0 Å². The van der Waals surface area contributed by atoms with Gasteiger partial charge in [0.1, 0.15) is 0 Å². The van der Waals surface area contributed by atoms with E-state index in [1.807, 2.05) is 12.1 Å². The summed E-state index contributed by atoms with van der Waals surface area (Å²) in [5.74, 6) is 0.764. The number of ether oxygens (including phenoxy) is 4. The van der Waals surface area contributed by atoms with Gasteiger partial charge in [0.25, 0.3) is 0 Å². The van der Waals surface area contributed by atoms with Crippen molar-refractivity contribution >= 4 is 11.9 Å². The van der Waals surface area contributed by atoms with Gasteiger partial charge in [-0.1, -0.05) is 48.5 Å². The van der Waals surface area contributed by atoms with E-state index in [0.29, 0.717) is 37.6 Å². The van der Waals surface area contributed by atoms with Gasteiger partial charge in [0, 0.05) is 11.8 Å². The molecule has 2 saturated heterocycles. The van der Waals surface area contributed by atoms with Crippen LogP contribution in [-0.2, 0) is 44.7 Å². The molecule has 264 valence electrons. The Morgan fingerprint density at radius 1 is 0.540 bits per heavy atom. The first-order chi connectivity index (χ1) is 23.9. The van der Waals surface area contributed by atoms with Crippen molar-refractivity contribution in [3.63, 3.8) is 0 Å². The number of carbonyl (C=O) groups is 2. The fraction of sp³-hybridized carbons (Fsp3) is 0.381. The molecule has 4 aromatic carbocycles. The molecule has 0 bridgehead atoms. The number of hydrogen-bond acceptors (Lipinski definition) is 8. The first kappa shape index (κ1) is 36.3. The Morgan fingerprint density at radius 3 is 1.26 bits per heavy atom. The van der Waals surface area contributed by atoms with Crippen molar-refractivity contribution in [3.8, 4) is 23.0 Å². The van der Waals surface area contributed by atoms with E-state index in [-0.39, 0.29) is 47.1 Å². The summed E-state index contributed by atoms with van der Waals surface area (Å²) in [6.45, 7) is 9.34. The van der Waals surface area contributed by atoms with Crippen molar-refractivity contribution in [2.24, 2.45) is 23.7 Å². The van der Waals surface area contributed by atoms with E-state index in [9.17, 15) is 19.8 Å². The van der Waals surface area contributed by atoms with E-state index in [2.05, 4.69) is 64.1 Å². The number of rotatable bonds is 10. The Morgan fingerprint density at radius 2 is 0.900 bits per heavy atom. The van der Waals surface area contributed by atoms with E-state index in [4.69, 9.17) is 18.9 Å². The van der Waals surface area contributed by atoms with Crippen molar-refractivity contribution in [2.75, 3.05) is 27.4 Å². The average molecular weight is 681 g/mol. The van der Waals surface area contributed by atoms with Gasteiger partial charge in [0.15, 0.2) is 23.0 Å².